The second-order valence-electron chi connectivity index (χ2n) is 5.19. The molecule has 0 saturated carbocycles. The molecule has 0 aliphatic carbocycles. The van der Waals surface area contributed by atoms with Gasteiger partial charge in [0.25, 0.3) is 0 Å². The van der Waals surface area contributed by atoms with E-state index in [-0.39, 0.29) is 0 Å². The van der Waals surface area contributed by atoms with Gasteiger partial charge in [0.1, 0.15) is 0 Å². The van der Waals surface area contributed by atoms with Crippen LogP contribution in [0.5, 0.6) is 0 Å². The lowest BCUT2D eigenvalue weighted by molar-refractivity contribution is 1.02. The Kier molecular flexibility index (Phi) is 3.76. The first kappa shape index (κ1) is 14.1. The number of nitrogens with zero attached hydrogens (tertiary/aromatic N) is 2. The van der Waals surface area contributed by atoms with Crippen molar-refractivity contribution >= 4 is 34.4 Å². The molecule has 4 nitrogen and oxygen atoms in total. The summed E-state index contributed by atoms with van der Waals surface area (Å²) in [6.07, 6.45) is 3.93. The van der Waals surface area contributed by atoms with Crippen LogP contribution < -0.4 is 16.6 Å². The molecule has 0 bridgehead atoms. The summed E-state index contributed by atoms with van der Waals surface area (Å²) in [5.41, 5.74) is 10.5. The molecule has 0 fully saturated rings. The van der Waals surface area contributed by atoms with E-state index in [1.54, 1.807) is 7.05 Å². The summed E-state index contributed by atoms with van der Waals surface area (Å²) >= 11 is 0. The number of benzene rings is 2. The molecule has 0 spiro atoms. The molecular weight excluding hydrogens is 272 g/mol. The zero-order chi connectivity index (χ0) is 15.5. The zero-order valence-electron chi connectivity index (χ0n) is 12.4. The Morgan fingerprint density at radius 1 is 1.00 bits per heavy atom. The van der Waals surface area contributed by atoms with E-state index in [0.717, 1.165) is 27.8 Å². The number of nitrogens with two attached hydrogens (primary N) is 2. The van der Waals surface area contributed by atoms with Gasteiger partial charge in [-0.05, 0) is 35.9 Å². The SMILES string of the molecule is CN(N)c1ccc(/C=C/c2ccc3ccccc3n2)c(N)c1. The molecule has 0 atom stereocenters. The van der Waals surface area contributed by atoms with Gasteiger partial charge < -0.3 is 10.7 Å². The molecular formula is C18H18N4. The number of hydrogen-bond donors (Lipinski definition) is 2. The number of pyridine rings is 1. The molecule has 22 heavy (non-hydrogen) atoms. The Bertz CT molecular complexity index is 837. The smallest absolute Gasteiger partial charge is 0.0709 e. The second-order valence-corrected chi connectivity index (χ2v) is 5.19. The van der Waals surface area contributed by atoms with Gasteiger partial charge in [0.2, 0.25) is 0 Å². The van der Waals surface area contributed by atoms with Gasteiger partial charge in [-0.2, -0.15) is 0 Å². The fourth-order valence-electron chi connectivity index (χ4n) is 2.28. The predicted octanol–water partition coefficient (Wildman–Crippen LogP) is 3.30. The quantitative estimate of drug-likeness (QED) is 0.441. The van der Waals surface area contributed by atoms with Gasteiger partial charge in [0, 0.05) is 18.1 Å². The zero-order valence-corrected chi connectivity index (χ0v) is 12.4. The van der Waals surface area contributed by atoms with Gasteiger partial charge in [0.05, 0.1) is 16.9 Å². The first-order valence-corrected chi connectivity index (χ1v) is 7.05. The maximum absolute atomic E-state index is 6.06. The van der Waals surface area contributed by atoms with Crippen LogP contribution in [-0.2, 0) is 0 Å². The number of nitrogen functional groups attached to an aromatic ring is 1. The van der Waals surface area contributed by atoms with Crippen LogP contribution in [0.2, 0.25) is 0 Å². The van der Waals surface area contributed by atoms with E-state index >= 15 is 0 Å². The summed E-state index contributed by atoms with van der Waals surface area (Å²) in [5, 5.41) is 2.67. The van der Waals surface area contributed by atoms with Gasteiger partial charge >= 0.3 is 0 Å². The van der Waals surface area contributed by atoms with Crippen molar-refractivity contribution in [2.75, 3.05) is 17.8 Å². The number of aromatic nitrogens is 1. The van der Waals surface area contributed by atoms with Crippen molar-refractivity contribution in [2.24, 2.45) is 5.84 Å². The summed E-state index contributed by atoms with van der Waals surface area (Å²) < 4.78 is 0. The Labute approximate surface area is 129 Å². The minimum absolute atomic E-state index is 0.687. The van der Waals surface area contributed by atoms with E-state index in [1.165, 1.54) is 5.01 Å². The van der Waals surface area contributed by atoms with Gasteiger partial charge in [-0.15, -0.1) is 0 Å². The Hall–Kier alpha value is -2.85. The molecule has 0 aliphatic rings. The molecule has 3 rings (SSSR count). The molecule has 4 heteroatoms. The van der Waals surface area contributed by atoms with Crippen molar-refractivity contribution in [1.29, 1.82) is 0 Å². The van der Waals surface area contributed by atoms with Gasteiger partial charge in [0.15, 0.2) is 0 Å². The molecule has 4 N–H and O–H groups in total. The van der Waals surface area contributed by atoms with Crippen LogP contribution >= 0.6 is 0 Å². The van der Waals surface area contributed by atoms with E-state index in [4.69, 9.17) is 11.6 Å². The number of fused-ring (bicyclic) bond motifs is 1. The minimum Gasteiger partial charge on any atom is -0.398 e. The monoisotopic (exact) mass is 290 g/mol. The maximum Gasteiger partial charge on any atom is 0.0709 e. The third-order valence-corrected chi connectivity index (χ3v) is 3.53. The lowest BCUT2D eigenvalue weighted by Gasteiger charge is -2.13. The summed E-state index contributed by atoms with van der Waals surface area (Å²) in [5.74, 6) is 5.70. The van der Waals surface area contributed by atoms with Crippen LogP contribution in [0.15, 0.2) is 54.6 Å². The highest BCUT2D eigenvalue weighted by Crippen LogP contribution is 2.21. The number of para-hydroxylation sites is 1. The molecule has 1 aromatic heterocycles. The highest BCUT2D eigenvalue weighted by Gasteiger charge is 2.00. The molecule has 0 aliphatic heterocycles. The summed E-state index contributed by atoms with van der Waals surface area (Å²) in [4.78, 5) is 4.61. The molecule has 110 valence electrons. The maximum atomic E-state index is 6.06. The normalized spacial score (nSPS) is 11.2. The summed E-state index contributed by atoms with van der Waals surface area (Å²) in [6.45, 7) is 0. The molecule has 2 aromatic carbocycles. The number of anilines is 2. The lowest BCUT2D eigenvalue weighted by Crippen LogP contribution is -2.24. The Morgan fingerprint density at radius 2 is 1.82 bits per heavy atom. The van der Waals surface area contributed by atoms with Crippen molar-refractivity contribution in [2.45, 2.75) is 0 Å². The number of hydrazine groups is 1. The van der Waals surface area contributed by atoms with E-state index in [1.807, 2.05) is 54.6 Å². The third-order valence-electron chi connectivity index (χ3n) is 3.53. The Morgan fingerprint density at radius 3 is 2.59 bits per heavy atom. The van der Waals surface area contributed by atoms with Crippen LogP contribution in [0.1, 0.15) is 11.3 Å². The van der Waals surface area contributed by atoms with Crippen molar-refractivity contribution in [1.82, 2.24) is 4.98 Å². The first-order chi connectivity index (χ1) is 10.6. The minimum atomic E-state index is 0.687. The Balaban J connectivity index is 1.89. The van der Waals surface area contributed by atoms with Crippen molar-refractivity contribution in [3.05, 3.63) is 65.9 Å². The average molecular weight is 290 g/mol. The van der Waals surface area contributed by atoms with Crippen LogP contribution in [-0.4, -0.2) is 12.0 Å². The lowest BCUT2D eigenvalue weighted by atomic mass is 10.1. The van der Waals surface area contributed by atoms with Crippen molar-refractivity contribution in [3.63, 3.8) is 0 Å². The fraction of sp³-hybridized carbons (Fsp3) is 0.0556. The van der Waals surface area contributed by atoms with Crippen molar-refractivity contribution < 1.29 is 0 Å². The van der Waals surface area contributed by atoms with Crippen LogP contribution in [0.3, 0.4) is 0 Å². The van der Waals surface area contributed by atoms with Crippen LogP contribution in [0.25, 0.3) is 23.1 Å². The highest BCUT2D eigenvalue weighted by molar-refractivity contribution is 5.82. The number of hydrogen-bond acceptors (Lipinski definition) is 4. The highest BCUT2D eigenvalue weighted by atomic mass is 15.4. The average Bonchev–Trinajstić information content (AvgIpc) is 2.53. The topological polar surface area (TPSA) is 68.2 Å². The molecule has 0 amide bonds. The van der Waals surface area contributed by atoms with Gasteiger partial charge in [-0.3, -0.25) is 0 Å². The van der Waals surface area contributed by atoms with E-state index in [0.29, 0.717) is 5.69 Å². The summed E-state index contributed by atoms with van der Waals surface area (Å²) in [6, 6.07) is 17.9. The predicted molar refractivity (Wildman–Crippen MR) is 94.1 cm³/mol. The van der Waals surface area contributed by atoms with Crippen molar-refractivity contribution in [3.8, 4) is 0 Å². The van der Waals surface area contributed by atoms with E-state index in [9.17, 15) is 0 Å². The molecule has 0 unspecified atom stereocenters. The van der Waals surface area contributed by atoms with Crippen LogP contribution in [0, 0.1) is 0 Å². The molecule has 0 saturated heterocycles. The largest absolute Gasteiger partial charge is 0.398 e. The van der Waals surface area contributed by atoms with E-state index in [2.05, 4.69) is 17.1 Å². The fourth-order valence-corrected chi connectivity index (χ4v) is 2.28. The molecule has 1 heterocycles. The molecule has 0 radical (unpaired) electrons. The van der Waals surface area contributed by atoms with Gasteiger partial charge in [-0.25, -0.2) is 10.8 Å². The van der Waals surface area contributed by atoms with Gasteiger partial charge in [-0.1, -0.05) is 36.4 Å². The third kappa shape index (κ3) is 2.92. The standard InChI is InChI=1S/C18H18N4/c1-22(20)16-11-8-13(17(19)12-16)6-9-15-10-7-14-4-2-3-5-18(14)21-15/h2-12H,19-20H2,1H3/b9-6+. The first-order valence-electron chi connectivity index (χ1n) is 7.05. The molecule has 3 aromatic rings. The number of rotatable bonds is 3. The summed E-state index contributed by atoms with van der Waals surface area (Å²) in [7, 11) is 1.78. The second kappa shape index (κ2) is 5.87. The van der Waals surface area contributed by atoms with Crippen LogP contribution in [0.4, 0.5) is 11.4 Å². The van der Waals surface area contributed by atoms with E-state index < -0.39 is 0 Å².